The molecule has 1 fully saturated rings. The van der Waals surface area contributed by atoms with E-state index in [1.807, 2.05) is 0 Å². The minimum Gasteiger partial charge on any atom is -0.368 e. The van der Waals surface area contributed by atoms with Crippen molar-refractivity contribution in [3.05, 3.63) is 63.8 Å². The summed E-state index contributed by atoms with van der Waals surface area (Å²) in [4.78, 5) is 31.6. The molecule has 0 saturated carbocycles. The first-order chi connectivity index (χ1) is 12.5. The molecular formula is C19H21N5O2. The van der Waals surface area contributed by atoms with Crippen LogP contribution in [0.4, 0.5) is 5.69 Å². The van der Waals surface area contributed by atoms with Crippen molar-refractivity contribution in [2.24, 2.45) is 0 Å². The first-order valence-electron chi connectivity index (χ1n) is 8.71. The van der Waals surface area contributed by atoms with Crippen molar-refractivity contribution >= 4 is 17.1 Å². The Labute approximate surface area is 150 Å². The molecule has 0 radical (unpaired) electrons. The van der Waals surface area contributed by atoms with E-state index in [1.54, 1.807) is 24.1 Å². The van der Waals surface area contributed by atoms with E-state index in [0.717, 1.165) is 13.1 Å². The number of nitrogens with one attached hydrogen (secondary N) is 1. The van der Waals surface area contributed by atoms with Crippen LogP contribution in [0.3, 0.4) is 0 Å². The number of hydrogen-bond donors (Lipinski definition) is 1. The fourth-order valence-electron chi connectivity index (χ4n) is 3.31. The first kappa shape index (κ1) is 16.4. The molecule has 3 heterocycles. The van der Waals surface area contributed by atoms with Crippen molar-refractivity contribution in [3.8, 4) is 0 Å². The zero-order chi connectivity index (χ0) is 18.3. The van der Waals surface area contributed by atoms with Crippen LogP contribution >= 0.6 is 0 Å². The predicted molar refractivity (Wildman–Crippen MR) is 99.8 cm³/mol. The third kappa shape index (κ3) is 2.96. The van der Waals surface area contributed by atoms with Crippen LogP contribution in [-0.2, 0) is 0 Å². The number of aromatic nitrogens is 3. The van der Waals surface area contributed by atoms with Gasteiger partial charge in [0, 0.05) is 49.8 Å². The lowest BCUT2D eigenvalue weighted by Gasteiger charge is -2.35. The lowest BCUT2D eigenvalue weighted by molar-refractivity contribution is 0.0740. The molecule has 1 aliphatic heterocycles. The van der Waals surface area contributed by atoms with E-state index in [2.05, 4.69) is 46.2 Å². The summed E-state index contributed by atoms with van der Waals surface area (Å²) in [6.07, 6.45) is 1.71. The van der Waals surface area contributed by atoms with Gasteiger partial charge >= 0.3 is 0 Å². The Morgan fingerprint density at radius 1 is 1.08 bits per heavy atom. The molecule has 1 aromatic carbocycles. The largest absolute Gasteiger partial charge is 0.368 e. The van der Waals surface area contributed by atoms with E-state index < -0.39 is 0 Å². The molecule has 1 N–H and O–H groups in total. The maximum absolute atomic E-state index is 12.8. The van der Waals surface area contributed by atoms with Crippen LogP contribution in [0, 0.1) is 13.8 Å². The number of piperazine rings is 1. The van der Waals surface area contributed by atoms with Crippen LogP contribution in [0.5, 0.6) is 0 Å². The van der Waals surface area contributed by atoms with Crippen LogP contribution in [-0.4, -0.2) is 51.6 Å². The smallest absolute Gasteiger partial charge is 0.274 e. The minimum absolute atomic E-state index is 0.130. The summed E-state index contributed by atoms with van der Waals surface area (Å²) < 4.78 is 1.48. The first-order valence-corrected chi connectivity index (χ1v) is 8.71. The second-order valence-electron chi connectivity index (χ2n) is 6.74. The zero-order valence-electron chi connectivity index (χ0n) is 14.9. The third-order valence-electron chi connectivity index (χ3n) is 4.78. The molecule has 7 nitrogen and oxygen atoms in total. The summed E-state index contributed by atoms with van der Waals surface area (Å²) in [5.41, 5.74) is 3.58. The molecule has 3 aromatic rings. The molecule has 4 rings (SSSR count). The quantitative estimate of drug-likeness (QED) is 0.761. The van der Waals surface area contributed by atoms with Gasteiger partial charge in [-0.25, -0.2) is 4.52 Å². The van der Waals surface area contributed by atoms with E-state index >= 15 is 0 Å². The molecule has 1 saturated heterocycles. The molecule has 1 amide bonds. The fourth-order valence-corrected chi connectivity index (χ4v) is 3.31. The summed E-state index contributed by atoms with van der Waals surface area (Å²) in [5.74, 6) is -0.130. The predicted octanol–water partition coefficient (Wildman–Crippen LogP) is 1.60. The van der Waals surface area contributed by atoms with Crippen LogP contribution in [0.1, 0.15) is 21.7 Å². The number of hydrogen-bond acceptors (Lipinski definition) is 4. The van der Waals surface area contributed by atoms with E-state index in [-0.39, 0.29) is 11.5 Å². The average Bonchev–Trinajstić information content (AvgIpc) is 3.06. The van der Waals surface area contributed by atoms with Gasteiger partial charge in [-0.15, -0.1) is 0 Å². The highest BCUT2D eigenvalue weighted by atomic mass is 16.2. The molecule has 0 atom stereocenters. The third-order valence-corrected chi connectivity index (χ3v) is 4.78. The molecule has 7 heteroatoms. The van der Waals surface area contributed by atoms with Gasteiger partial charge in [0.15, 0.2) is 5.69 Å². The highest BCUT2D eigenvalue weighted by Crippen LogP contribution is 2.18. The van der Waals surface area contributed by atoms with Crippen molar-refractivity contribution in [1.82, 2.24) is 19.5 Å². The summed E-state index contributed by atoms with van der Waals surface area (Å²) in [7, 11) is 0. The highest BCUT2D eigenvalue weighted by molar-refractivity contribution is 5.93. The standard InChI is InChI=1S/C19H21N5O2/c1-13-3-5-15(6-4-13)22-7-9-23(10-8-22)19(26)16-11-17-18(25)20-14(2)12-24(17)21-16/h3-6,11-12H,7-10H2,1-2H3,(H,20,25). The number of fused-ring (bicyclic) bond motifs is 1. The van der Waals surface area contributed by atoms with Crippen molar-refractivity contribution in [1.29, 1.82) is 0 Å². The molecule has 134 valence electrons. The summed E-state index contributed by atoms with van der Waals surface area (Å²) in [6, 6.07) is 9.99. The Morgan fingerprint density at radius 3 is 2.46 bits per heavy atom. The van der Waals surface area contributed by atoms with Gasteiger partial charge in [0.25, 0.3) is 11.5 Å². The molecule has 2 aromatic heterocycles. The Morgan fingerprint density at radius 2 is 1.77 bits per heavy atom. The molecule has 1 aliphatic rings. The number of H-pyrrole nitrogens is 1. The van der Waals surface area contributed by atoms with Gasteiger partial charge in [0.1, 0.15) is 5.52 Å². The normalized spacial score (nSPS) is 14.8. The number of nitrogens with zero attached hydrogens (tertiary/aromatic N) is 4. The van der Waals surface area contributed by atoms with Gasteiger partial charge in [0.05, 0.1) is 0 Å². The van der Waals surface area contributed by atoms with Gasteiger partial charge in [-0.1, -0.05) is 17.7 Å². The fraction of sp³-hybridized carbons (Fsp3) is 0.316. The van der Waals surface area contributed by atoms with Gasteiger partial charge in [0.2, 0.25) is 0 Å². The SMILES string of the molecule is Cc1ccc(N2CCN(C(=O)c3cc4c(=O)[nH]c(C)cn4n3)CC2)cc1. The number of carbonyl (C=O) groups excluding carboxylic acids is 1. The summed E-state index contributed by atoms with van der Waals surface area (Å²) in [6.45, 7) is 6.69. The van der Waals surface area contributed by atoms with Gasteiger partial charge < -0.3 is 14.8 Å². The van der Waals surface area contributed by atoms with Crippen LogP contribution < -0.4 is 10.5 Å². The average molecular weight is 351 g/mol. The summed E-state index contributed by atoms with van der Waals surface area (Å²) >= 11 is 0. The van der Waals surface area contributed by atoms with E-state index in [0.29, 0.717) is 30.0 Å². The maximum atomic E-state index is 12.8. The Bertz CT molecular complexity index is 1010. The number of anilines is 1. The number of aryl methyl sites for hydroxylation is 2. The van der Waals surface area contributed by atoms with Crippen LogP contribution in [0.2, 0.25) is 0 Å². The number of rotatable bonds is 2. The second-order valence-corrected chi connectivity index (χ2v) is 6.74. The van der Waals surface area contributed by atoms with Gasteiger partial charge in [-0.3, -0.25) is 9.59 Å². The highest BCUT2D eigenvalue weighted by Gasteiger charge is 2.24. The van der Waals surface area contributed by atoms with Gasteiger partial charge in [-0.2, -0.15) is 5.10 Å². The van der Waals surface area contributed by atoms with Crippen molar-refractivity contribution in [2.45, 2.75) is 13.8 Å². The molecule has 0 aliphatic carbocycles. The molecule has 0 spiro atoms. The topological polar surface area (TPSA) is 73.7 Å². The second kappa shape index (κ2) is 6.33. The van der Waals surface area contributed by atoms with E-state index in [1.165, 1.54) is 15.8 Å². The number of benzene rings is 1. The number of aromatic amines is 1. The molecule has 0 bridgehead atoms. The lowest BCUT2D eigenvalue weighted by atomic mass is 10.2. The van der Waals surface area contributed by atoms with Crippen molar-refractivity contribution in [3.63, 3.8) is 0 Å². The summed E-state index contributed by atoms with van der Waals surface area (Å²) in [5, 5.41) is 4.29. The number of carbonyl (C=O) groups is 1. The van der Waals surface area contributed by atoms with Gasteiger partial charge in [-0.05, 0) is 26.0 Å². The number of amides is 1. The van der Waals surface area contributed by atoms with E-state index in [9.17, 15) is 9.59 Å². The molecular weight excluding hydrogens is 330 g/mol. The molecule has 0 unspecified atom stereocenters. The van der Waals surface area contributed by atoms with Crippen LogP contribution in [0.25, 0.3) is 5.52 Å². The molecule has 26 heavy (non-hydrogen) atoms. The maximum Gasteiger partial charge on any atom is 0.274 e. The van der Waals surface area contributed by atoms with Crippen LogP contribution in [0.15, 0.2) is 41.3 Å². The van der Waals surface area contributed by atoms with Crippen molar-refractivity contribution in [2.75, 3.05) is 31.1 Å². The Kier molecular flexibility index (Phi) is 3.99. The monoisotopic (exact) mass is 351 g/mol. The Balaban J connectivity index is 1.49. The zero-order valence-corrected chi connectivity index (χ0v) is 14.9. The minimum atomic E-state index is -0.235. The lowest BCUT2D eigenvalue weighted by Crippen LogP contribution is -2.48. The Hall–Kier alpha value is -3.09. The van der Waals surface area contributed by atoms with Crippen molar-refractivity contribution < 1.29 is 4.79 Å². The van der Waals surface area contributed by atoms with E-state index in [4.69, 9.17) is 0 Å².